The molecular formula is C24H23F3O6. The zero-order chi connectivity index (χ0) is 24.2. The first kappa shape index (κ1) is 24.2. The average molecular weight is 464 g/mol. The van der Waals surface area contributed by atoms with E-state index >= 15 is 0 Å². The second-order valence-corrected chi connectivity index (χ2v) is 7.34. The predicted molar refractivity (Wildman–Crippen MR) is 115 cm³/mol. The predicted octanol–water partition coefficient (Wildman–Crippen LogP) is 5.89. The van der Waals surface area contributed by atoms with Crippen LogP contribution in [-0.4, -0.2) is 18.7 Å². The van der Waals surface area contributed by atoms with Gasteiger partial charge in [-0.3, -0.25) is 4.79 Å². The zero-order valence-electron chi connectivity index (χ0n) is 18.3. The van der Waals surface area contributed by atoms with Gasteiger partial charge >= 0.3 is 12.1 Å². The van der Waals surface area contributed by atoms with Crippen LogP contribution in [0.25, 0.3) is 11.0 Å². The Kier molecular flexibility index (Phi) is 7.30. The molecule has 0 aliphatic carbocycles. The van der Waals surface area contributed by atoms with Crippen molar-refractivity contribution in [2.75, 3.05) is 6.61 Å². The molecule has 0 N–H and O–H groups in total. The van der Waals surface area contributed by atoms with Crippen LogP contribution < -0.4 is 14.9 Å². The SMILES string of the molecule is CCc1ccc(Oc2c(C(F)(F)F)oc3cc(OCC(=O)OC(C)CC)ccc3c2=O)cc1. The molecule has 0 radical (unpaired) electrons. The highest BCUT2D eigenvalue weighted by Crippen LogP contribution is 2.38. The van der Waals surface area contributed by atoms with E-state index in [-0.39, 0.29) is 28.6 Å². The van der Waals surface area contributed by atoms with Crippen LogP contribution in [0.5, 0.6) is 17.2 Å². The summed E-state index contributed by atoms with van der Waals surface area (Å²) in [5, 5.41) is -0.127. The molecule has 176 valence electrons. The number of esters is 1. The standard InChI is InChI=1S/C24H23F3O6/c1-4-14(3)31-20(28)13-30-17-10-11-18-19(12-17)33-23(24(25,26)27)22(21(18)29)32-16-8-6-15(5-2)7-9-16/h6-12,14H,4-5,13H2,1-3H3. The van der Waals surface area contributed by atoms with Gasteiger partial charge in [-0.2, -0.15) is 13.2 Å². The molecule has 0 fully saturated rings. The molecule has 3 rings (SSSR count). The third-order valence-corrected chi connectivity index (χ3v) is 4.90. The van der Waals surface area contributed by atoms with E-state index in [4.69, 9.17) is 18.6 Å². The van der Waals surface area contributed by atoms with Crippen LogP contribution in [0.2, 0.25) is 0 Å². The van der Waals surface area contributed by atoms with Crippen LogP contribution in [0.3, 0.4) is 0 Å². The molecule has 0 saturated heterocycles. The van der Waals surface area contributed by atoms with Crippen LogP contribution in [0.15, 0.2) is 51.7 Å². The molecule has 6 nitrogen and oxygen atoms in total. The molecular weight excluding hydrogens is 441 g/mol. The summed E-state index contributed by atoms with van der Waals surface area (Å²) in [4.78, 5) is 24.6. The number of fused-ring (bicyclic) bond motifs is 1. The highest BCUT2D eigenvalue weighted by Gasteiger charge is 2.40. The maximum atomic E-state index is 13.7. The third kappa shape index (κ3) is 5.85. The van der Waals surface area contributed by atoms with E-state index in [2.05, 4.69) is 0 Å². The molecule has 0 aliphatic heterocycles. The molecule has 0 spiro atoms. The second-order valence-electron chi connectivity index (χ2n) is 7.34. The van der Waals surface area contributed by atoms with Crippen molar-refractivity contribution in [2.24, 2.45) is 0 Å². The summed E-state index contributed by atoms with van der Waals surface area (Å²) < 4.78 is 61.8. The van der Waals surface area contributed by atoms with Gasteiger partial charge in [-0.15, -0.1) is 0 Å². The summed E-state index contributed by atoms with van der Waals surface area (Å²) in [5.74, 6) is -3.02. The molecule has 0 amide bonds. The van der Waals surface area contributed by atoms with Crippen molar-refractivity contribution in [1.29, 1.82) is 0 Å². The van der Waals surface area contributed by atoms with Crippen molar-refractivity contribution in [2.45, 2.75) is 45.9 Å². The highest BCUT2D eigenvalue weighted by molar-refractivity contribution is 5.80. The van der Waals surface area contributed by atoms with Crippen LogP contribution in [-0.2, 0) is 22.1 Å². The number of aryl methyl sites for hydroxylation is 1. The Bertz CT molecular complexity index is 1180. The second kappa shape index (κ2) is 9.97. The van der Waals surface area contributed by atoms with Gasteiger partial charge in [0, 0.05) is 6.07 Å². The lowest BCUT2D eigenvalue weighted by atomic mass is 10.1. The van der Waals surface area contributed by atoms with Gasteiger partial charge in [0.1, 0.15) is 17.1 Å². The molecule has 0 bridgehead atoms. The summed E-state index contributed by atoms with van der Waals surface area (Å²) in [5.41, 5.74) is -0.371. The first-order chi connectivity index (χ1) is 15.6. The smallest absolute Gasteiger partial charge is 0.453 e. The molecule has 3 aromatic rings. The Hall–Kier alpha value is -3.49. The fraction of sp³-hybridized carbons (Fsp3) is 0.333. The van der Waals surface area contributed by atoms with Gasteiger partial charge in [0.05, 0.1) is 11.5 Å². The topological polar surface area (TPSA) is 75.0 Å². The zero-order valence-corrected chi connectivity index (χ0v) is 18.3. The monoisotopic (exact) mass is 464 g/mol. The van der Waals surface area contributed by atoms with Crippen molar-refractivity contribution >= 4 is 16.9 Å². The van der Waals surface area contributed by atoms with Gasteiger partial charge in [-0.1, -0.05) is 26.0 Å². The Balaban J connectivity index is 1.94. The lowest BCUT2D eigenvalue weighted by molar-refractivity contribution is -0.154. The number of carbonyl (C=O) groups excluding carboxylic acids is 1. The highest BCUT2D eigenvalue weighted by atomic mass is 19.4. The maximum absolute atomic E-state index is 13.7. The van der Waals surface area contributed by atoms with Crippen LogP contribution >= 0.6 is 0 Å². The summed E-state index contributed by atoms with van der Waals surface area (Å²) in [6, 6.07) is 10.1. The minimum Gasteiger partial charge on any atom is -0.482 e. The number of rotatable bonds is 8. The largest absolute Gasteiger partial charge is 0.482 e. The van der Waals surface area contributed by atoms with E-state index in [1.165, 1.54) is 24.3 Å². The number of hydrogen-bond acceptors (Lipinski definition) is 6. The number of halogens is 3. The number of hydrogen-bond donors (Lipinski definition) is 0. The minimum atomic E-state index is -4.98. The molecule has 1 aromatic heterocycles. The van der Waals surface area contributed by atoms with E-state index in [0.29, 0.717) is 6.42 Å². The van der Waals surface area contributed by atoms with Crippen molar-refractivity contribution in [3.05, 3.63) is 64.0 Å². The summed E-state index contributed by atoms with van der Waals surface area (Å²) >= 11 is 0. The number of alkyl halides is 3. The van der Waals surface area contributed by atoms with E-state index < -0.39 is 35.7 Å². The van der Waals surface area contributed by atoms with Gasteiger partial charge in [0.25, 0.3) is 5.76 Å². The molecule has 33 heavy (non-hydrogen) atoms. The van der Waals surface area contributed by atoms with Crippen LogP contribution in [0.1, 0.15) is 38.5 Å². The molecule has 1 heterocycles. The summed E-state index contributed by atoms with van der Waals surface area (Å²) in [7, 11) is 0. The molecule has 2 aromatic carbocycles. The Labute approximate surface area is 187 Å². The fourth-order valence-corrected chi connectivity index (χ4v) is 2.92. The normalized spacial score (nSPS) is 12.4. The fourth-order valence-electron chi connectivity index (χ4n) is 2.92. The van der Waals surface area contributed by atoms with Gasteiger partial charge in [-0.05, 0) is 49.6 Å². The van der Waals surface area contributed by atoms with Crippen molar-refractivity contribution < 1.29 is 36.6 Å². The number of carbonyl (C=O) groups is 1. The van der Waals surface area contributed by atoms with Crippen LogP contribution in [0.4, 0.5) is 13.2 Å². The minimum absolute atomic E-state index is 0.0451. The van der Waals surface area contributed by atoms with Gasteiger partial charge in [0.15, 0.2) is 6.61 Å². The van der Waals surface area contributed by atoms with Crippen molar-refractivity contribution in [1.82, 2.24) is 0 Å². The van der Waals surface area contributed by atoms with E-state index in [1.54, 1.807) is 19.1 Å². The molecule has 9 heteroatoms. The quantitative estimate of drug-likeness (QED) is 0.387. The van der Waals surface area contributed by atoms with Crippen molar-refractivity contribution in [3.8, 4) is 17.2 Å². The number of ether oxygens (including phenoxy) is 3. The van der Waals surface area contributed by atoms with E-state index in [0.717, 1.165) is 18.1 Å². The maximum Gasteiger partial charge on any atom is 0.453 e. The summed E-state index contributed by atoms with van der Waals surface area (Å²) in [6.45, 7) is 5.06. The first-order valence-corrected chi connectivity index (χ1v) is 10.4. The number of benzene rings is 2. The molecule has 0 saturated carbocycles. The van der Waals surface area contributed by atoms with Gasteiger partial charge in [-0.25, -0.2) is 4.79 Å². The lowest BCUT2D eigenvalue weighted by Crippen LogP contribution is -2.20. The third-order valence-electron chi connectivity index (χ3n) is 4.90. The van der Waals surface area contributed by atoms with Crippen molar-refractivity contribution in [3.63, 3.8) is 0 Å². The Morgan fingerprint density at radius 1 is 1.06 bits per heavy atom. The van der Waals surface area contributed by atoms with Gasteiger partial charge in [0.2, 0.25) is 11.2 Å². The molecule has 1 unspecified atom stereocenters. The average Bonchev–Trinajstić information content (AvgIpc) is 2.78. The molecule has 0 aliphatic rings. The Morgan fingerprint density at radius 3 is 2.33 bits per heavy atom. The lowest BCUT2D eigenvalue weighted by Gasteiger charge is -2.14. The Morgan fingerprint density at radius 2 is 1.73 bits per heavy atom. The first-order valence-electron chi connectivity index (χ1n) is 10.4. The van der Waals surface area contributed by atoms with E-state index in [9.17, 15) is 22.8 Å². The van der Waals surface area contributed by atoms with Crippen LogP contribution in [0, 0.1) is 0 Å². The van der Waals surface area contributed by atoms with E-state index in [1.807, 2.05) is 13.8 Å². The summed E-state index contributed by atoms with van der Waals surface area (Å²) in [6.07, 6.45) is -3.91. The van der Waals surface area contributed by atoms with Gasteiger partial charge < -0.3 is 18.6 Å². The molecule has 1 atom stereocenters.